The van der Waals surface area contributed by atoms with Gasteiger partial charge in [-0.15, -0.1) is 0 Å². The van der Waals surface area contributed by atoms with Gasteiger partial charge in [-0.1, -0.05) is 110 Å². The Balaban J connectivity index is 1.98. The first kappa shape index (κ1) is 15.8. The van der Waals surface area contributed by atoms with E-state index in [1.165, 1.54) is 33.4 Å². The number of hydrogen-bond donors (Lipinski definition) is 0. The smallest absolute Gasteiger partial charge is 0.0713 e. The van der Waals surface area contributed by atoms with Gasteiger partial charge < -0.3 is 0 Å². The van der Waals surface area contributed by atoms with Crippen molar-refractivity contribution in [2.45, 2.75) is 5.41 Å². The van der Waals surface area contributed by atoms with Crippen LogP contribution in [0.5, 0.6) is 0 Å². The van der Waals surface area contributed by atoms with Crippen molar-refractivity contribution < 1.29 is 0 Å². The fourth-order valence-electron chi connectivity index (χ4n) is 4.59. The average Bonchev–Trinajstić information content (AvgIpc) is 3.05. The predicted molar refractivity (Wildman–Crippen MR) is 114 cm³/mol. The Morgan fingerprint density at radius 2 is 1.11 bits per heavy atom. The second-order valence-corrected chi connectivity index (χ2v) is 7.04. The molecule has 128 valence electrons. The second kappa shape index (κ2) is 6.10. The highest BCUT2D eigenvalue weighted by atomic mass is 14.5. The molecular formula is C27H20. The Hall–Kier alpha value is -3.38. The van der Waals surface area contributed by atoms with Gasteiger partial charge in [-0.25, -0.2) is 0 Å². The van der Waals surface area contributed by atoms with Crippen LogP contribution < -0.4 is 0 Å². The maximum Gasteiger partial charge on any atom is 0.0713 e. The summed E-state index contributed by atoms with van der Waals surface area (Å²) in [5.74, 6) is 0. The molecule has 0 atom stereocenters. The van der Waals surface area contributed by atoms with Crippen LogP contribution in [0.15, 0.2) is 110 Å². The summed E-state index contributed by atoms with van der Waals surface area (Å²) in [6.45, 7) is 4.00. The summed E-state index contributed by atoms with van der Waals surface area (Å²) >= 11 is 0. The molecule has 0 saturated carbocycles. The summed E-state index contributed by atoms with van der Waals surface area (Å²) in [4.78, 5) is 0. The third kappa shape index (κ3) is 2.17. The summed E-state index contributed by atoms with van der Waals surface area (Å²) in [5.41, 5.74) is 8.73. The van der Waals surface area contributed by atoms with Gasteiger partial charge in [0.2, 0.25) is 0 Å². The highest BCUT2D eigenvalue weighted by Crippen LogP contribution is 2.56. The quantitative estimate of drug-likeness (QED) is 0.342. The van der Waals surface area contributed by atoms with E-state index in [1.807, 2.05) is 6.08 Å². The summed E-state index contributed by atoms with van der Waals surface area (Å²) in [6.07, 6.45) is 1.93. The van der Waals surface area contributed by atoms with E-state index in [0.717, 1.165) is 5.56 Å². The molecule has 0 unspecified atom stereocenters. The zero-order chi connectivity index (χ0) is 18.3. The summed E-state index contributed by atoms with van der Waals surface area (Å²) < 4.78 is 0. The minimum atomic E-state index is -0.312. The maximum atomic E-state index is 4.00. The van der Waals surface area contributed by atoms with Crippen LogP contribution in [0.25, 0.3) is 17.2 Å². The molecule has 5 rings (SSSR count). The Morgan fingerprint density at radius 3 is 1.74 bits per heavy atom. The van der Waals surface area contributed by atoms with Crippen molar-refractivity contribution in [2.75, 3.05) is 0 Å². The molecule has 0 amide bonds. The Morgan fingerprint density at radius 1 is 0.556 bits per heavy atom. The van der Waals surface area contributed by atoms with Gasteiger partial charge in [-0.2, -0.15) is 0 Å². The molecule has 27 heavy (non-hydrogen) atoms. The molecule has 0 spiro atoms. The Bertz CT molecular complexity index is 1080. The van der Waals surface area contributed by atoms with Gasteiger partial charge in [0.25, 0.3) is 0 Å². The first-order chi connectivity index (χ1) is 13.4. The normalized spacial score (nSPS) is 13.6. The number of fused-ring (bicyclic) bond motifs is 3. The van der Waals surface area contributed by atoms with Gasteiger partial charge in [-0.05, 0) is 45.0 Å². The van der Waals surface area contributed by atoms with E-state index in [9.17, 15) is 0 Å². The molecule has 0 heterocycles. The van der Waals surface area contributed by atoms with Crippen molar-refractivity contribution in [1.82, 2.24) is 0 Å². The fourth-order valence-corrected chi connectivity index (χ4v) is 4.59. The van der Waals surface area contributed by atoms with Gasteiger partial charge in [0, 0.05) is 0 Å². The monoisotopic (exact) mass is 344 g/mol. The molecule has 0 fully saturated rings. The molecule has 1 aliphatic rings. The first-order valence-corrected chi connectivity index (χ1v) is 9.33. The lowest BCUT2D eigenvalue weighted by Crippen LogP contribution is -2.28. The number of benzene rings is 4. The van der Waals surface area contributed by atoms with Crippen LogP contribution >= 0.6 is 0 Å². The highest BCUT2D eigenvalue weighted by molar-refractivity contribution is 5.87. The molecule has 4 aromatic carbocycles. The van der Waals surface area contributed by atoms with Crippen LogP contribution in [0.2, 0.25) is 0 Å². The second-order valence-electron chi connectivity index (χ2n) is 7.04. The van der Waals surface area contributed by atoms with E-state index in [2.05, 4.69) is 110 Å². The fraction of sp³-hybridized carbons (Fsp3) is 0.0370. The largest absolute Gasteiger partial charge is 0.0985 e. The summed E-state index contributed by atoms with van der Waals surface area (Å²) in [5, 5.41) is 0. The van der Waals surface area contributed by atoms with Gasteiger partial charge in [0.15, 0.2) is 0 Å². The molecular weight excluding hydrogens is 324 g/mol. The Labute approximate surface area is 160 Å². The zero-order valence-corrected chi connectivity index (χ0v) is 15.1. The van der Waals surface area contributed by atoms with E-state index >= 15 is 0 Å². The van der Waals surface area contributed by atoms with E-state index in [-0.39, 0.29) is 5.41 Å². The molecule has 0 saturated heterocycles. The highest BCUT2D eigenvalue weighted by Gasteiger charge is 2.45. The molecule has 0 nitrogen and oxygen atoms in total. The van der Waals surface area contributed by atoms with Crippen molar-refractivity contribution >= 4 is 6.08 Å². The molecule has 0 N–H and O–H groups in total. The van der Waals surface area contributed by atoms with Crippen molar-refractivity contribution in [1.29, 1.82) is 0 Å². The number of hydrogen-bond acceptors (Lipinski definition) is 0. The standard InChI is InChI=1S/C27H20/c1-2-20-17-18-24-23-15-9-10-16-25(23)27(26(24)19-20,21-11-5-3-6-12-21)22-13-7-4-8-14-22/h2-19H,1H2. The zero-order valence-electron chi connectivity index (χ0n) is 15.1. The van der Waals surface area contributed by atoms with Gasteiger partial charge >= 0.3 is 0 Å². The first-order valence-electron chi connectivity index (χ1n) is 9.33. The van der Waals surface area contributed by atoms with Crippen molar-refractivity contribution in [3.05, 3.63) is 138 Å². The molecule has 0 aromatic heterocycles. The van der Waals surface area contributed by atoms with Crippen molar-refractivity contribution in [3.63, 3.8) is 0 Å². The van der Waals surface area contributed by atoms with Crippen LogP contribution in [0.1, 0.15) is 27.8 Å². The SMILES string of the molecule is C=Cc1ccc2c(c1)C(c1ccccc1)(c1ccccc1)c1ccccc1-2. The van der Waals surface area contributed by atoms with E-state index in [1.54, 1.807) is 0 Å². The van der Waals surface area contributed by atoms with Crippen LogP contribution in [0.3, 0.4) is 0 Å². The minimum absolute atomic E-state index is 0.312. The van der Waals surface area contributed by atoms with Crippen LogP contribution in [-0.4, -0.2) is 0 Å². The molecule has 0 bridgehead atoms. The third-order valence-corrected chi connectivity index (χ3v) is 5.72. The maximum absolute atomic E-state index is 4.00. The van der Waals surface area contributed by atoms with Gasteiger partial charge in [0.05, 0.1) is 5.41 Å². The summed E-state index contributed by atoms with van der Waals surface area (Å²) in [6, 6.07) is 37.3. The molecule has 0 heteroatoms. The molecule has 0 radical (unpaired) electrons. The third-order valence-electron chi connectivity index (χ3n) is 5.72. The topological polar surface area (TPSA) is 0 Å². The van der Waals surface area contributed by atoms with Gasteiger partial charge in [-0.3, -0.25) is 0 Å². The lowest BCUT2D eigenvalue weighted by Gasteiger charge is -2.34. The van der Waals surface area contributed by atoms with Crippen molar-refractivity contribution in [2.24, 2.45) is 0 Å². The summed E-state index contributed by atoms with van der Waals surface area (Å²) in [7, 11) is 0. The molecule has 4 aromatic rings. The van der Waals surface area contributed by atoms with E-state index in [4.69, 9.17) is 0 Å². The number of rotatable bonds is 3. The predicted octanol–water partition coefficient (Wildman–Crippen LogP) is 6.69. The molecule has 0 aliphatic heterocycles. The average molecular weight is 344 g/mol. The van der Waals surface area contributed by atoms with E-state index in [0.29, 0.717) is 0 Å². The van der Waals surface area contributed by atoms with Crippen molar-refractivity contribution in [3.8, 4) is 11.1 Å². The molecule has 1 aliphatic carbocycles. The van der Waals surface area contributed by atoms with Crippen LogP contribution in [0, 0.1) is 0 Å². The van der Waals surface area contributed by atoms with E-state index < -0.39 is 0 Å². The van der Waals surface area contributed by atoms with Crippen LogP contribution in [-0.2, 0) is 5.41 Å². The van der Waals surface area contributed by atoms with Gasteiger partial charge in [0.1, 0.15) is 0 Å². The van der Waals surface area contributed by atoms with Crippen LogP contribution in [0.4, 0.5) is 0 Å². The minimum Gasteiger partial charge on any atom is -0.0985 e. The lowest BCUT2D eigenvalue weighted by molar-refractivity contribution is 0.768. The Kier molecular flexibility index (Phi) is 3.58. The lowest BCUT2D eigenvalue weighted by atomic mass is 9.67.